The summed E-state index contributed by atoms with van der Waals surface area (Å²) < 4.78 is 26.8. The number of amides is 1. The monoisotopic (exact) mass is 456 g/mol. The SMILES string of the molecule is CN1C(=O)C(CC2CC2)N(C)c2nc(Nc3ccc(S(=O)(=O)N(C)C4CC4)cc3)ncc21. The Morgan fingerprint density at radius 3 is 2.44 bits per heavy atom. The number of likely N-dealkylation sites (N-methyl/N-ethyl adjacent to an activating group) is 2. The molecule has 0 saturated heterocycles. The molecule has 3 aliphatic rings. The van der Waals surface area contributed by atoms with Crippen LogP contribution in [-0.2, 0) is 14.8 Å². The number of rotatable bonds is 7. The van der Waals surface area contributed by atoms with Gasteiger partial charge in [0.05, 0.1) is 11.1 Å². The van der Waals surface area contributed by atoms with Crippen molar-refractivity contribution in [3.05, 3.63) is 30.5 Å². The van der Waals surface area contributed by atoms with Crippen molar-refractivity contribution in [3.63, 3.8) is 0 Å². The minimum atomic E-state index is -3.48. The lowest BCUT2D eigenvalue weighted by Gasteiger charge is -2.38. The summed E-state index contributed by atoms with van der Waals surface area (Å²) in [6.07, 6.45) is 6.70. The van der Waals surface area contributed by atoms with Crippen molar-refractivity contribution >= 4 is 39.1 Å². The molecule has 2 aliphatic carbocycles. The molecule has 0 bridgehead atoms. The van der Waals surface area contributed by atoms with Gasteiger partial charge in [0.25, 0.3) is 0 Å². The van der Waals surface area contributed by atoms with Crippen LogP contribution in [0.3, 0.4) is 0 Å². The molecular formula is C22H28N6O3S. The van der Waals surface area contributed by atoms with Crippen LogP contribution in [-0.4, -0.2) is 61.8 Å². The minimum absolute atomic E-state index is 0.0733. The van der Waals surface area contributed by atoms with Crippen LogP contribution in [0, 0.1) is 5.92 Å². The third kappa shape index (κ3) is 3.81. The largest absolute Gasteiger partial charge is 0.346 e. The first-order valence-corrected chi connectivity index (χ1v) is 12.4. The molecule has 0 radical (unpaired) electrons. The lowest BCUT2D eigenvalue weighted by atomic mass is 10.0. The zero-order chi connectivity index (χ0) is 22.6. The van der Waals surface area contributed by atoms with Gasteiger partial charge >= 0.3 is 0 Å². The second-order valence-electron chi connectivity index (χ2n) is 9.01. The second kappa shape index (κ2) is 7.70. The number of carbonyl (C=O) groups excluding carboxylic acids is 1. The van der Waals surface area contributed by atoms with Crippen LogP contribution < -0.4 is 15.1 Å². The van der Waals surface area contributed by atoms with Crippen molar-refractivity contribution in [1.82, 2.24) is 14.3 Å². The van der Waals surface area contributed by atoms with E-state index >= 15 is 0 Å². The molecule has 2 saturated carbocycles. The number of carbonyl (C=O) groups is 1. The maximum absolute atomic E-state index is 12.8. The van der Waals surface area contributed by atoms with Gasteiger partial charge in [0.1, 0.15) is 11.7 Å². The summed E-state index contributed by atoms with van der Waals surface area (Å²) in [5, 5.41) is 3.15. The average molecular weight is 457 g/mol. The van der Waals surface area contributed by atoms with E-state index in [-0.39, 0.29) is 22.9 Å². The quantitative estimate of drug-likeness (QED) is 0.684. The molecule has 1 aromatic carbocycles. The summed E-state index contributed by atoms with van der Waals surface area (Å²) >= 11 is 0. The zero-order valence-corrected chi connectivity index (χ0v) is 19.3. The highest BCUT2D eigenvalue weighted by atomic mass is 32.2. The van der Waals surface area contributed by atoms with Gasteiger partial charge in [0, 0.05) is 32.9 Å². The summed E-state index contributed by atoms with van der Waals surface area (Å²) in [7, 11) is 1.83. The smallest absolute Gasteiger partial charge is 0.249 e. The van der Waals surface area contributed by atoms with Gasteiger partial charge in [-0.05, 0) is 49.4 Å². The molecule has 1 amide bonds. The Labute approximate surface area is 188 Å². The van der Waals surface area contributed by atoms with Gasteiger partial charge in [-0.2, -0.15) is 9.29 Å². The van der Waals surface area contributed by atoms with Crippen molar-refractivity contribution in [1.29, 1.82) is 0 Å². The topological polar surface area (TPSA) is 98.7 Å². The summed E-state index contributed by atoms with van der Waals surface area (Å²) in [4.78, 5) is 25.7. The summed E-state index contributed by atoms with van der Waals surface area (Å²) in [6.45, 7) is 0. The van der Waals surface area contributed by atoms with Crippen LogP contribution in [0.5, 0.6) is 0 Å². The van der Waals surface area contributed by atoms with E-state index in [1.165, 1.54) is 17.1 Å². The normalized spacial score (nSPS) is 21.1. The molecule has 9 nitrogen and oxygen atoms in total. The lowest BCUT2D eigenvalue weighted by molar-refractivity contribution is -0.120. The third-order valence-electron chi connectivity index (χ3n) is 6.63. The van der Waals surface area contributed by atoms with E-state index in [9.17, 15) is 13.2 Å². The van der Waals surface area contributed by atoms with Crippen LogP contribution in [0.2, 0.25) is 0 Å². The van der Waals surface area contributed by atoms with E-state index in [1.54, 1.807) is 49.5 Å². The Morgan fingerprint density at radius 2 is 1.81 bits per heavy atom. The van der Waals surface area contributed by atoms with E-state index in [4.69, 9.17) is 0 Å². The first-order valence-electron chi connectivity index (χ1n) is 11.0. The first kappa shape index (κ1) is 21.1. The summed E-state index contributed by atoms with van der Waals surface area (Å²) in [5.74, 6) is 1.80. The molecule has 1 aliphatic heterocycles. The van der Waals surface area contributed by atoms with Crippen LogP contribution in [0.1, 0.15) is 32.1 Å². The Balaban J connectivity index is 1.35. The highest BCUT2D eigenvalue weighted by molar-refractivity contribution is 7.89. The molecule has 10 heteroatoms. The number of anilines is 4. The standard InChI is InChI=1S/C22H28N6O3S/c1-26-18(12-14-4-5-14)21(29)27(2)19-13-23-22(25-20(19)26)24-15-6-10-17(11-7-15)32(30,31)28(3)16-8-9-16/h6-7,10-11,13-14,16,18H,4-5,8-9,12H2,1-3H3,(H,23,24,25). The fourth-order valence-electron chi connectivity index (χ4n) is 4.15. The molecule has 2 fully saturated rings. The van der Waals surface area contributed by atoms with E-state index < -0.39 is 10.0 Å². The Bertz CT molecular complexity index is 1140. The number of fused-ring (bicyclic) bond motifs is 1. The van der Waals surface area contributed by atoms with E-state index in [2.05, 4.69) is 15.3 Å². The summed E-state index contributed by atoms with van der Waals surface area (Å²) in [5.41, 5.74) is 1.37. The number of sulfonamides is 1. The summed E-state index contributed by atoms with van der Waals surface area (Å²) in [6, 6.07) is 6.53. The molecule has 2 aromatic rings. The number of nitrogens with zero attached hydrogens (tertiary/aromatic N) is 5. The third-order valence-corrected chi connectivity index (χ3v) is 8.55. The second-order valence-corrected chi connectivity index (χ2v) is 11.0. The van der Waals surface area contributed by atoms with Crippen molar-refractivity contribution in [2.75, 3.05) is 36.3 Å². The molecule has 170 valence electrons. The molecule has 1 aromatic heterocycles. The van der Waals surface area contributed by atoms with Crippen LogP contribution in [0.15, 0.2) is 35.4 Å². The maximum Gasteiger partial charge on any atom is 0.249 e. The van der Waals surface area contributed by atoms with E-state index in [1.807, 2.05) is 11.9 Å². The van der Waals surface area contributed by atoms with Crippen molar-refractivity contribution in [2.45, 2.75) is 49.1 Å². The molecule has 2 heterocycles. The predicted molar refractivity (Wildman–Crippen MR) is 123 cm³/mol. The van der Waals surface area contributed by atoms with Crippen molar-refractivity contribution < 1.29 is 13.2 Å². The predicted octanol–water partition coefficient (Wildman–Crippen LogP) is 2.58. The molecule has 5 rings (SSSR count). The molecule has 32 heavy (non-hydrogen) atoms. The van der Waals surface area contributed by atoms with Gasteiger partial charge in [0.2, 0.25) is 21.9 Å². The lowest BCUT2D eigenvalue weighted by Crippen LogP contribution is -2.51. The highest BCUT2D eigenvalue weighted by Crippen LogP contribution is 2.40. The number of benzene rings is 1. The Morgan fingerprint density at radius 1 is 1.12 bits per heavy atom. The Kier molecular flexibility index (Phi) is 5.09. The number of hydrogen-bond donors (Lipinski definition) is 1. The van der Waals surface area contributed by atoms with Gasteiger partial charge in [-0.1, -0.05) is 12.8 Å². The highest BCUT2D eigenvalue weighted by Gasteiger charge is 2.39. The van der Waals surface area contributed by atoms with Crippen LogP contribution in [0.25, 0.3) is 0 Å². The molecule has 0 spiro atoms. The van der Waals surface area contributed by atoms with E-state index in [0.29, 0.717) is 29.1 Å². The minimum Gasteiger partial charge on any atom is -0.346 e. The number of nitrogens with one attached hydrogen (secondary N) is 1. The van der Waals surface area contributed by atoms with E-state index in [0.717, 1.165) is 19.3 Å². The van der Waals surface area contributed by atoms with Gasteiger partial charge < -0.3 is 15.1 Å². The van der Waals surface area contributed by atoms with Crippen molar-refractivity contribution in [2.24, 2.45) is 5.92 Å². The van der Waals surface area contributed by atoms with Crippen LogP contribution >= 0.6 is 0 Å². The fraction of sp³-hybridized carbons (Fsp3) is 0.500. The number of hydrogen-bond acceptors (Lipinski definition) is 7. The van der Waals surface area contributed by atoms with Gasteiger partial charge in [0.15, 0.2) is 5.82 Å². The van der Waals surface area contributed by atoms with Gasteiger partial charge in [-0.3, -0.25) is 4.79 Å². The van der Waals surface area contributed by atoms with Gasteiger partial charge in [-0.15, -0.1) is 0 Å². The van der Waals surface area contributed by atoms with Gasteiger partial charge in [-0.25, -0.2) is 13.4 Å². The molecule has 1 unspecified atom stereocenters. The molecule has 1 atom stereocenters. The molecule has 1 N–H and O–H groups in total. The van der Waals surface area contributed by atoms with Crippen molar-refractivity contribution in [3.8, 4) is 0 Å². The first-order chi connectivity index (χ1) is 15.3. The Hall–Kier alpha value is -2.72. The van der Waals surface area contributed by atoms with Crippen LogP contribution in [0.4, 0.5) is 23.1 Å². The average Bonchev–Trinajstić information content (AvgIpc) is 3.69. The zero-order valence-electron chi connectivity index (χ0n) is 18.5. The maximum atomic E-state index is 12.8. The molecular weight excluding hydrogens is 428 g/mol. The fourth-order valence-corrected chi connectivity index (χ4v) is 5.56. The number of aromatic nitrogens is 2.